The van der Waals surface area contributed by atoms with Crippen LogP contribution in [0.15, 0.2) is 33.4 Å². The van der Waals surface area contributed by atoms with Gasteiger partial charge in [-0.1, -0.05) is 11.6 Å². The number of hydrogen-bond acceptors (Lipinski definition) is 4. The Labute approximate surface area is 128 Å². The third kappa shape index (κ3) is 3.72. The molecule has 0 saturated carbocycles. The number of benzene rings is 1. The van der Waals surface area contributed by atoms with Crippen molar-refractivity contribution in [2.45, 2.75) is 6.54 Å². The molecule has 0 aliphatic carbocycles. The van der Waals surface area contributed by atoms with Crippen molar-refractivity contribution in [2.75, 3.05) is 12.4 Å². The van der Waals surface area contributed by atoms with Crippen molar-refractivity contribution in [2.24, 2.45) is 0 Å². The number of carbonyl (C=O) groups excluding carboxylic acids is 1. The summed E-state index contributed by atoms with van der Waals surface area (Å²) in [5, 5.41) is 5.83. The van der Waals surface area contributed by atoms with Gasteiger partial charge in [0.15, 0.2) is 0 Å². The van der Waals surface area contributed by atoms with E-state index in [0.29, 0.717) is 22.8 Å². The average molecular weight is 361 g/mol. The number of methoxy groups -OCH3 is 1. The van der Waals surface area contributed by atoms with Crippen molar-refractivity contribution < 1.29 is 9.53 Å². The van der Waals surface area contributed by atoms with Crippen molar-refractivity contribution in [3.63, 3.8) is 0 Å². The molecule has 0 bridgehead atoms. The summed E-state index contributed by atoms with van der Waals surface area (Å²) in [6.45, 7) is 0.645. The largest absolute Gasteiger partial charge is 0.465 e. The Hall–Kier alpha value is -1.04. The van der Waals surface area contributed by atoms with Crippen LogP contribution in [0.1, 0.15) is 15.9 Å². The predicted molar refractivity (Wildman–Crippen MR) is 82.1 cm³/mol. The van der Waals surface area contributed by atoms with E-state index < -0.39 is 0 Å². The van der Waals surface area contributed by atoms with Crippen LogP contribution in [0.4, 0.5) is 5.69 Å². The third-order valence-corrected chi connectivity index (χ3v) is 4.38. The molecule has 1 heterocycles. The number of ether oxygens (including phenoxy) is 1. The summed E-state index contributed by atoms with van der Waals surface area (Å²) in [7, 11) is 1.35. The van der Waals surface area contributed by atoms with E-state index in [1.54, 1.807) is 29.5 Å². The maximum atomic E-state index is 11.5. The Bertz CT molecular complexity index is 600. The molecule has 1 N–H and O–H groups in total. The van der Waals surface area contributed by atoms with Gasteiger partial charge in [-0.2, -0.15) is 0 Å². The van der Waals surface area contributed by atoms with Crippen molar-refractivity contribution in [1.82, 2.24) is 0 Å². The Morgan fingerprint density at radius 3 is 2.89 bits per heavy atom. The fraction of sp³-hybridized carbons (Fsp3) is 0.154. The fourth-order valence-electron chi connectivity index (χ4n) is 1.54. The highest BCUT2D eigenvalue weighted by atomic mass is 79.9. The first kappa shape index (κ1) is 14.4. The summed E-state index contributed by atoms with van der Waals surface area (Å²) >= 11 is 11.1. The second-order valence-corrected chi connectivity index (χ2v) is 6.50. The molecule has 100 valence electrons. The third-order valence-electron chi connectivity index (χ3n) is 2.49. The fourth-order valence-corrected chi connectivity index (χ4v) is 2.93. The number of carbonyl (C=O) groups is 1. The molecular weight excluding hydrogens is 350 g/mol. The highest BCUT2D eigenvalue weighted by Gasteiger charge is 2.09. The van der Waals surface area contributed by atoms with Gasteiger partial charge >= 0.3 is 5.97 Å². The van der Waals surface area contributed by atoms with E-state index in [4.69, 9.17) is 11.6 Å². The zero-order valence-corrected chi connectivity index (χ0v) is 13.2. The first-order chi connectivity index (χ1) is 9.10. The lowest BCUT2D eigenvalue weighted by Gasteiger charge is -2.09. The van der Waals surface area contributed by atoms with Crippen molar-refractivity contribution in [3.05, 3.63) is 49.6 Å². The van der Waals surface area contributed by atoms with E-state index in [1.165, 1.54) is 7.11 Å². The smallest absolute Gasteiger partial charge is 0.337 e. The van der Waals surface area contributed by atoms with Gasteiger partial charge in [0, 0.05) is 6.54 Å². The number of halogens is 2. The van der Waals surface area contributed by atoms with Gasteiger partial charge in [-0.25, -0.2) is 4.79 Å². The van der Waals surface area contributed by atoms with Gasteiger partial charge in [0.25, 0.3) is 0 Å². The molecule has 0 fully saturated rings. The van der Waals surface area contributed by atoms with E-state index >= 15 is 0 Å². The van der Waals surface area contributed by atoms with Gasteiger partial charge in [0.2, 0.25) is 0 Å². The highest BCUT2D eigenvalue weighted by Crippen LogP contribution is 2.26. The van der Waals surface area contributed by atoms with Gasteiger partial charge in [-0.15, -0.1) is 11.3 Å². The predicted octanol–water partition coefficient (Wildman–Crippen LogP) is 4.56. The second kappa shape index (κ2) is 6.41. The van der Waals surface area contributed by atoms with Gasteiger partial charge in [-0.05, 0) is 51.1 Å². The maximum absolute atomic E-state index is 11.5. The number of anilines is 1. The van der Waals surface area contributed by atoms with Crippen LogP contribution in [0.2, 0.25) is 5.02 Å². The zero-order valence-electron chi connectivity index (χ0n) is 10.1. The minimum Gasteiger partial charge on any atom is -0.465 e. The van der Waals surface area contributed by atoms with Crippen LogP contribution in [-0.2, 0) is 11.3 Å². The Morgan fingerprint density at radius 1 is 1.47 bits per heavy atom. The van der Waals surface area contributed by atoms with Crippen molar-refractivity contribution in [3.8, 4) is 0 Å². The molecule has 0 atom stereocenters. The summed E-state index contributed by atoms with van der Waals surface area (Å²) in [5.74, 6) is -0.377. The summed E-state index contributed by atoms with van der Waals surface area (Å²) in [5.41, 5.74) is 2.34. The number of esters is 1. The van der Waals surface area contributed by atoms with Crippen LogP contribution in [-0.4, -0.2) is 13.1 Å². The number of nitrogens with one attached hydrogen (secondary N) is 1. The van der Waals surface area contributed by atoms with E-state index in [9.17, 15) is 4.79 Å². The summed E-state index contributed by atoms with van der Waals surface area (Å²) < 4.78 is 5.77. The molecule has 0 aliphatic rings. The van der Waals surface area contributed by atoms with Crippen molar-refractivity contribution in [1.29, 1.82) is 0 Å². The molecule has 0 radical (unpaired) electrons. The zero-order chi connectivity index (χ0) is 13.8. The van der Waals surface area contributed by atoms with Crippen LogP contribution in [0, 0.1) is 0 Å². The van der Waals surface area contributed by atoms with Gasteiger partial charge in [0.05, 0.1) is 27.2 Å². The van der Waals surface area contributed by atoms with Gasteiger partial charge < -0.3 is 10.1 Å². The molecular formula is C13H11BrClNO2S. The number of hydrogen-bond donors (Lipinski definition) is 1. The molecule has 1 aromatic carbocycles. The quantitative estimate of drug-likeness (QED) is 0.812. The molecule has 0 unspecified atom stereocenters. The standard InChI is InChI=1S/C13H11BrClNO2S/c1-18-13(17)9-2-3-10(15)11(5-9)16-6-8-4-12(14)19-7-8/h2-5,7,16H,6H2,1H3. The topological polar surface area (TPSA) is 38.3 Å². The van der Waals surface area contributed by atoms with E-state index in [2.05, 4.69) is 31.4 Å². The van der Waals surface area contributed by atoms with Crippen LogP contribution in [0.3, 0.4) is 0 Å². The summed E-state index contributed by atoms with van der Waals surface area (Å²) in [6, 6.07) is 7.05. The van der Waals surface area contributed by atoms with Crippen molar-refractivity contribution >= 4 is 50.5 Å². The number of rotatable bonds is 4. The first-order valence-corrected chi connectivity index (χ1v) is 7.50. The lowest BCUT2D eigenvalue weighted by Crippen LogP contribution is -2.04. The molecule has 0 saturated heterocycles. The Balaban J connectivity index is 2.12. The molecule has 3 nitrogen and oxygen atoms in total. The number of thiophene rings is 1. The molecule has 1 aromatic heterocycles. The minimum atomic E-state index is -0.377. The summed E-state index contributed by atoms with van der Waals surface area (Å²) in [6.07, 6.45) is 0. The molecule has 2 rings (SSSR count). The van der Waals surface area contributed by atoms with Crippen LogP contribution in [0.25, 0.3) is 0 Å². The monoisotopic (exact) mass is 359 g/mol. The minimum absolute atomic E-state index is 0.377. The first-order valence-electron chi connectivity index (χ1n) is 5.45. The van der Waals surface area contributed by atoms with E-state index in [0.717, 1.165) is 9.35 Å². The highest BCUT2D eigenvalue weighted by molar-refractivity contribution is 9.11. The maximum Gasteiger partial charge on any atom is 0.337 e. The molecule has 6 heteroatoms. The van der Waals surface area contributed by atoms with E-state index in [1.807, 2.05) is 6.07 Å². The molecule has 0 aliphatic heterocycles. The Kier molecular flexibility index (Phi) is 4.85. The van der Waals surface area contributed by atoms with Crippen LogP contribution in [0.5, 0.6) is 0 Å². The van der Waals surface area contributed by atoms with Gasteiger partial charge in [-0.3, -0.25) is 0 Å². The van der Waals surface area contributed by atoms with Crippen LogP contribution < -0.4 is 5.32 Å². The lowest BCUT2D eigenvalue weighted by atomic mass is 10.2. The molecule has 0 amide bonds. The average Bonchev–Trinajstić information content (AvgIpc) is 2.82. The normalized spacial score (nSPS) is 10.3. The Morgan fingerprint density at radius 2 is 2.26 bits per heavy atom. The van der Waals surface area contributed by atoms with Gasteiger partial charge in [0.1, 0.15) is 0 Å². The molecule has 0 spiro atoms. The molecule has 19 heavy (non-hydrogen) atoms. The van der Waals surface area contributed by atoms with E-state index in [-0.39, 0.29) is 5.97 Å². The second-order valence-electron chi connectivity index (χ2n) is 3.80. The summed E-state index contributed by atoms with van der Waals surface area (Å²) in [4.78, 5) is 11.5. The van der Waals surface area contributed by atoms with Crippen LogP contribution >= 0.6 is 38.9 Å². The SMILES string of the molecule is COC(=O)c1ccc(Cl)c(NCc2csc(Br)c2)c1. The lowest BCUT2D eigenvalue weighted by molar-refractivity contribution is 0.0601. The molecule has 2 aromatic rings.